The maximum absolute atomic E-state index is 12.2. The smallest absolute Gasteiger partial charge is 0.298 e. The summed E-state index contributed by atoms with van der Waals surface area (Å²) in [5, 5.41) is 0. The van der Waals surface area contributed by atoms with E-state index in [9.17, 15) is 18.0 Å². The first-order valence-electron chi connectivity index (χ1n) is 3.87. The summed E-state index contributed by atoms with van der Waals surface area (Å²) in [4.78, 5) is 10.5. The summed E-state index contributed by atoms with van der Waals surface area (Å²) < 4.78 is 36.6. The SMILES string of the molecule is C=C/C=C(C=O)\C(C)=C(/C)C(F)(F)F. The first-order chi connectivity index (χ1) is 6.34. The first-order valence-corrected chi connectivity index (χ1v) is 3.87. The molecule has 0 aromatic heterocycles. The van der Waals surface area contributed by atoms with Gasteiger partial charge in [0, 0.05) is 11.1 Å². The Morgan fingerprint density at radius 3 is 2.07 bits per heavy atom. The predicted molar refractivity (Wildman–Crippen MR) is 48.8 cm³/mol. The fraction of sp³-hybridized carbons (Fsp3) is 0.300. The second-order valence-corrected chi connectivity index (χ2v) is 2.72. The molecular formula is C10H11F3O. The number of halogens is 3. The lowest BCUT2D eigenvalue weighted by Crippen LogP contribution is -2.12. The number of allylic oxidation sites excluding steroid dienone is 5. The summed E-state index contributed by atoms with van der Waals surface area (Å²) in [6.07, 6.45) is -1.49. The van der Waals surface area contributed by atoms with Crippen LogP contribution in [0.1, 0.15) is 13.8 Å². The zero-order chi connectivity index (χ0) is 11.4. The van der Waals surface area contributed by atoms with Gasteiger partial charge in [0.2, 0.25) is 0 Å². The third-order valence-electron chi connectivity index (χ3n) is 1.85. The fourth-order valence-corrected chi connectivity index (χ4v) is 0.809. The molecule has 0 unspecified atom stereocenters. The lowest BCUT2D eigenvalue weighted by molar-refractivity contribution is -0.104. The Labute approximate surface area is 80.6 Å². The zero-order valence-corrected chi connectivity index (χ0v) is 7.98. The molecule has 0 aromatic carbocycles. The molecule has 0 N–H and O–H groups in total. The molecular weight excluding hydrogens is 193 g/mol. The molecule has 0 amide bonds. The van der Waals surface area contributed by atoms with Gasteiger partial charge >= 0.3 is 6.18 Å². The number of alkyl halides is 3. The molecule has 78 valence electrons. The number of hydrogen-bond acceptors (Lipinski definition) is 1. The van der Waals surface area contributed by atoms with E-state index in [1.807, 2.05) is 0 Å². The van der Waals surface area contributed by atoms with Crippen LogP contribution in [-0.4, -0.2) is 12.5 Å². The molecule has 0 aliphatic heterocycles. The van der Waals surface area contributed by atoms with Gasteiger partial charge in [0.15, 0.2) is 0 Å². The van der Waals surface area contributed by atoms with Crippen molar-refractivity contribution in [1.82, 2.24) is 0 Å². The van der Waals surface area contributed by atoms with Crippen molar-refractivity contribution in [3.8, 4) is 0 Å². The van der Waals surface area contributed by atoms with Crippen molar-refractivity contribution in [3.05, 3.63) is 35.5 Å². The van der Waals surface area contributed by atoms with Crippen molar-refractivity contribution in [1.29, 1.82) is 0 Å². The fourth-order valence-electron chi connectivity index (χ4n) is 0.809. The standard InChI is InChI=1S/C10H11F3O/c1-4-5-9(6-14)7(2)8(3)10(11,12)13/h4-6H,1H2,2-3H3/b8-7+,9-5-. The molecule has 0 fully saturated rings. The minimum Gasteiger partial charge on any atom is -0.298 e. The maximum atomic E-state index is 12.2. The minimum absolute atomic E-state index is 0.00479. The Kier molecular flexibility index (Phi) is 4.34. The van der Waals surface area contributed by atoms with Crippen LogP contribution in [0.3, 0.4) is 0 Å². The summed E-state index contributed by atoms with van der Waals surface area (Å²) >= 11 is 0. The summed E-state index contributed by atoms with van der Waals surface area (Å²) in [5.41, 5.74) is -0.847. The van der Waals surface area contributed by atoms with Gasteiger partial charge in [-0.2, -0.15) is 13.2 Å². The quantitative estimate of drug-likeness (QED) is 0.392. The van der Waals surface area contributed by atoms with Crippen LogP contribution in [0.25, 0.3) is 0 Å². The molecule has 0 aliphatic carbocycles. The molecule has 0 aromatic rings. The van der Waals surface area contributed by atoms with Gasteiger partial charge in [-0.25, -0.2) is 0 Å². The van der Waals surface area contributed by atoms with Crippen molar-refractivity contribution >= 4 is 6.29 Å². The molecule has 0 aliphatic rings. The zero-order valence-electron chi connectivity index (χ0n) is 7.98. The Morgan fingerprint density at radius 2 is 1.79 bits per heavy atom. The van der Waals surface area contributed by atoms with E-state index in [0.29, 0.717) is 6.29 Å². The van der Waals surface area contributed by atoms with Crippen molar-refractivity contribution < 1.29 is 18.0 Å². The highest BCUT2D eigenvalue weighted by molar-refractivity contribution is 5.80. The molecule has 0 bridgehead atoms. The molecule has 4 heteroatoms. The topological polar surface area (TPSA) is 17.1 Å². The largest absolute Gasteiger partial charge is 0.412 e. The lowest BCUT2D eigenvalue weighted by atomic mass is 10.0. The van der Waals surface area contributed by atoms with Gasteiger partial charge in [-0.05, 0) is 19.4 Å². The van der Waals surface area contributed by atoms with E-state index in [1.165, 1.54) is 19.1 Å². The van der Waals surface area contributed by atoms with E-state index in [2.05, 4.69) is 6.58 Å². The van der Waals surface area contributed by atoms with Gasteiger partial charge in [-0.15, -0.1) is 0 Å². The molecule has 14 heavy (non-hydrogen) atoms. The van der Waals surface area contributed by atoms with Crippen LogP contribution in [0, 0.1) is 0 Å². The Bertz CT molecular complexity index is 295. The highest BCUT2D eigenvalue weighted by Gasteiger charge is 2.32. The Balaban J connectivity index is 5.27. The molecule has 0 saturated carbocycles. The number of carbonyl (C=O) groups is 1. The van der Waals surface area contributed by atoms with Crippen molar-refractivity contribution in [3.63, 3.8) is 0 Å². The van der Waals surface area contributed by atoms with E-state index >= 15 is 0 Å². The van der Waals surface area contributed by atoms with Gasteiger partial charge in [0.05, 0.1) is 0 Å². The summed E-state index contributed by atoms with van der Waals surface area (Å²) in [6, 6.07) is 0. The van der Waals surface area contributed by atoms with Gasteiger partial charge in [0.1, 0.15) is 6.29 Å². The first kappa shape index (κ1) is 12.7. The third-order valence-corrected chi connectivity index (χ3v) is 1.85. The Hall–Kier alpha value is -1.32. The van der Waals surface area contributed by atoms with E-state index in [-0.39, 0.29) is 11.1 Å². The molecule has 0 spiro atoms. The summed E-state index contributed by atoms with van der Waals surface area (Å²) in [5.74, 6) is 0. The number of rotatable bonds is 3. The molecule has 0 atom stereocenters. The average Bonchev–Trinajstić information content (AvgIpc) is 2.10. The molecule has 0 radical (unpaired) electrons. The van der Waals surface area contributed by atoms with Crippen LogP contribution in [0.15, 0.2) is 35.5 Å². The number of aldehydes is 1. The van der Waals surface area contributed by atoms with Crippen molar-refractivity contribution in [2.75, 3.05) is 0 Å². The van der Waals surface area contributed by atoms with E-state index in [0.717, 1.165) is 6.92 Å². The number of carbonyl (C=O) groups excluding carboxylic acids is 1. The van der Waals surface area contributed by atoms with Crippen LogP contribution in [0.4, 0.5) is 13.2 Å². The molecule has 0 rings (SSSR count). The van der Waals surface area contributed by atoms with E-state index in [1.54, 1.807) is 0 Å². The molecule has 0 heterocycles. The predicted octanol–water partition coefficient (Wildman–Crippen LogP) is 3.20. The normalized spacial score (nSPS) is 14.8. The average molecular weight is 204 g/mol. The van der Waals surface area contributed by atoms with Gasteiger partial charge in [0.25, 0.3) is 0 Å². The van der Waals surface area contributed by atoms with E-state index in [4.69, 9.17) is 0 Å². The van der Waals surface area contributed by atoms with Crippen LogP contribution in [0.5, 0.6) is 0 Å². The van der Waals surface area contributed by atoms with Gasteiger partial charge in [-0.1, -0.05) is 18.7 Å². The highest BCUT2D eigenvalue weighted by Crippen LogP contribution is 2.29. The second-order valence-electron chi connectivity index (χ2n) is 2.72. The van der Waals surface area contributed by atoms with Crippen LogP contribution < -0.4 is 0 Å². The molecule has 0 saturated heterocycles. The van der Waals surface area contributed by atoms with Gasteiger partial charge in [-0.3, -0.25) is 4.79 Å². The third kappa shape index (κ3) is 3.20. The monoisotopic (exact) mass is 204 g/mol. The number of hydrogen-bond donors (Lipinski definition) is 0. The summed E-state index contributed by atoms with van der Waals surface area (Å²) in [7, 11) is 0. The minimum atomic E-state index is -4.40. The van der Waals surface area contributed by atoms with Crippen LogP contribution in [-0.2, 0) is 4.79 Å². The van der Waals surface area contributed by atoms with Crippen LogP contribution >= 0.6 is 0 Å². The second kappa shape index (κ2) is 4.79. The van der Waals surface area contributed by atoms with Crippen LogP contribution in [0.2, 0.25) is 0 Å². The van der Waals surface area contributed by atoms with Crippen molar-refractivity contribution in [2.45, 2.75) is 20.0 Å². The van der Waals surface area contributed by atoms with Crippen molar-refractivity contribution in [2.24, 2.45) is 0 Å². The molecule has 1 nitrogen and oxygen atoms in total. The maximum Gasteiger partial charge on any atom is 0.412 e. The summed E-state index contributed by atoms with van der Waals surface area (Å²) in [6.45, 7) is 5.51. The van der Waals surface area contributed by atoms with E-state index < -0.39 is 11.7 Å². The Morgan fingerprint density at radius 1 is 1.29 bits per heavy atom. The highest BCUT2D eigenvalue weighted by atomic mass is 19.4. The lowest BCUT2D eigenvalue weighted by Gasteiger charge is -2.10. The van der Waals surface area contributed by atoms with Gasteiger partial charge < -0.3 is 0 Å².